The maximum atomic E-state index is 11.8. The van der Waals surface area contributed by atoms with Crippen molar-refractivity contribution in [1.29, 1.82) is 0 Å². The van der Waals surface area contributed by atoms with Gasteiger partial charge in [-0.1, -0.05) is 24.3 Å². The summed E-state index contributed by atoms with van der Waals surface area (Å²) < 4.78 is 0. The molecular formula is C19H19N3O3. The van der Waals surface area contributed by atoms with Crippen molar-refractivity contribution in [1.82, 2.24) is 0 Å². The maximum Gasteiger partial charge on any atom is 0.337 e. The van der Waals surface area contributed by atoms with Gasteiger partial charge in [-0.15, -0.1) is 0 Å². The lowest BCUT2D eigenvalue weighted by Gasteiger charge is -2.16. The molecule has 1 fully saturated rings. The minimum Gasteiger partial charge on any atom is -0.478 e. The molecule has 2 N–H and O–H groups in total. The average molecular weight is 337 g/mol. The van der Waals surface area contributed by atoms with Gasteiger partial charge in [0.2, 0.25) is 5.91 Å². The largest absolute Gasteiger partial charge is 0.478 e. The molecule has 0 bridgehead atoms. The van der Waals surface area contributed by atoms with E-state index >= 15 is 0 Å². The van der Waals surface area contributed by atoms with Gasteiger partial charge >= 0.3 is 5.97 Å². The molecule has 3 rings (SSSR count). The van der Waals surface area contributed by atoms with Crippen LogP contribution in [0.15, 0.2) is 53.6 Å². The summed E-state index contributed by atoms with van der Waals surface area (Å²) in [6, 6.07) is 14.2. The zero-order chi connectivity index (χ0) is 17.8. The van der Waals surface area contributed by atoms with Crippen LogP contribution in [-0.2, 0) is 4.79 Å². The fraction of sp³-hybridized carbons (Fsp3) is 0.211. The van der Waals surface area contributed by atoms with E-state index < -0.39 is 5.97 Å². The number of carboxylic acid groups (broad SMARTS) is 1. The van der Waals surface area contributed by atoms with Crippen molar-refractivity contribution >= 4 is 29.0 Å². The van der Waals surface area contributed by atoms with Crippen molar-refractivity contribution in [2.24, 2.45) is 5.10 Å². The average Bonchev–Trinajstić information content (AvgIpc) is 3.06. The van der Waals surface area contributed by atoms with E-state index in [-0.39, 0.29) is 11.5 Å². The summed E-state index contributed by atoms with van der Waals surface area (Å²) in [5.41, 5.74) is 5.93. The number of nitrogens with zero attached hydrogens (tertiary/aromatic N) is 2. The van der Waals surface area contributed by atoms with Crippen LogP contribution in [0.4, 0.5) is 11.4 Å². The van der Waals surface area contributed by atoms with Crippen molar-refractivity contribution in [3.05, 3.63) is 59.7 Å². The molecule has 0 aromatic heterocycles. The lowest BCUT2D eigenvalue weighted by Crippen LogP contribution is -2.23. The molecule has 0 radical (unpaired) electrons. The Labute approximate surface area is 145 Å². The minimum atomic E-state index is -1.00. The number of anilines is 2. The van der Waals surface area contributed by atoms with Crippen LogP contribution in [0.25, 0.3) is 0 Å². The first-order chi connectivity index (χ1) is 12.1. The summed E-state index contributed by atoms with van der Waals surface area (Å²) in [7, 11) is 0. The summed E-state index contributed by atoms with van der Waals surface area (Å²) >= 11 is 0. The molecule has 0 unspecified atom stereocenters. The molecule has 1 amide bonds. The molecule has 6 nitrogen and oxygen atoms in total. The number of rotatable bonds is 5. The fourth-order valence-corrected chi connectivity index (χ4v) is 2.78. The highest BCUT2D eigenvalue weighted by Gasteiger charge is 2.21. The van der Waals surface area contributed by atoms with Crippen molar-refractivity contribution in [2.45, 2.75) is 19.8 Å². The molecular weight excluding hydrogens is 318 g/mol. The Morgan fingerprint density at radius 2 is 1.88 bits per heavy atom. The lowest BCUT2D eigenvalue weighted by atomic mass is 10.1. The Hall–Kier alpha value is -3.15. The standard InChI is InChI=1S/C19H19N3O3/c1-13(20-21-17-6-3-2-5-16(17)19(24)25)14-8-10-15(11-9-14)22-12-4-7-18(22)23/h2-3,5-6,8-11,21H,4,7,12H2,1H3,(H,24,25). The smallest absolute Gasteiger partial charge is 0.337 e. The van der Waals surface area contributed by atoms with Gasteiger partial charge in [-0.3, -0.25) is 10.2 Å². The van der Waals surface area contributed by atoms with Crippen LogP contribution in [0.5, 0.6) is 0 Å². The number of carbonyl (C=O) groups is 2. The summed E-state index contributed by atoms with van der Waals surface area (Å²) in [4.78, 5) is 24.8. The van der Waals surface area contributed by atoms with Gasteiger partial charge in [0.1, 0.15) is 0 Å². The van der Waals surface area contributed by atoms with E-state index in [1.165, 1.54) is 6.07 Å². The molecule has 6 heteroatoms. The molecule has 0 aliphatic carbocycles. The number of para-hydroxylation sites is 1. The summed E-state index contributed by atoms with van der Waals surface area (Å²) in [5, 5.41) is 13.5. The number of amides is 1. The van der Waals surface area contributed by atoms with Crippen LogP contribution in [-0.4, -0.2) is 29.2 Å². The van der Waals surface area contributed by atoms with E-state index in [2.05, 4.69) is 10.5 Å². The molecule has 0 saturated carbocycles. The highest BCUT2D eigenvalue weighted by atomic mass is 16.4. The minimum absolute atomic E-state index is 0.157. The summed E-state index contributed by atoms with van der Waals surface area (Å²) in [6.45, 7) is 2.60. The molecule has 0 spiro atoms. The lowest BCUT2D eigenvalue weighted by molar-refractivity contribution is -0.117. The maximum absolute atomic E-state index is 11.8. The van der Waals surface area contributed by atoms with Gasteiger partial charge in [0.05, 0.1) is 17.0 Å². The van der Waals surface area contributed by atoms with Gasteiger partial charge in [0, 0.05) is 18.7 Å². The Kier molecular flexibility index (Phi) is 4.79. The fourth-order valence-electron chi connectivity index (χ4n) is 2.78. The van der Waals surface area contributed by atoms with Gasteiger partial charge in [-0.2, -0.15) is 5.10 Å². The van der Waals surface area contributed by atoms with Gasteiger partial charge in [-0.25, -0.2) is 4.79 Å². The van der Waals surface area contributed by atoms with Gasteiger partial charge in [0.25, 0.3) is 0 Å². The monoisotopic (exact) mass is 337 g/mol. The number of benzene rings is 2. The van der Waals surface area contributed by atoms with Gasteiger partial charge in [0.15, 0.2) is 0 Å². The van der Waals surface area contributed by atoms with E-state index in [4.69, 9.17) is 0 Å². The predicted octanol–water partition coefficient (Wildman–Crippen LogP) is 3.35. The molecule has 0 atom stereocenters. The second-order valence-corrected chi connectivity index (χ2v) is 5.86. The van der Waals surface area contributed by atoms with E-state index in [9.17, 15) is 14.7 Å². The number of hydrogen-bond acceptors (Lipinski definition) is 4. The Morgan fingerprint density at radius 3 is 2.52 bits per heavy atom. The Balaban J connectivity index is 1.75. The number of hydrazone groups is 1. The van der Waals surface area contributed by atoms with Crippen LogP contribution in [0, 0.1) is 0 Å². The van der Waals surface area contributed by atoms with E-state index in [1.807, 2.05) is 31.2 Å². The van der Waals surface area contributed by atoms with E-state index in [0.717, 1.165) is 29.9 Å². The summed E-state index contributed by atoms with van der Waals surface area (Å²) in [5.74, 6) is -0.847. The second-order valence-electron chi connectivity index (χ2n) is 5.86. The zero-order valence-electron chi connectivity index (χ0n) is 13.9. The summed E-state index contributed by atoms with van der Waals surface area (Å²) in [6.07, 6.45) is 1.50. The Bertz CT molecular complexity index is 828. The molecule has 2 aromatic rings. The number of nitrogens with one attached hydrogen (secondary N) is 1. The first-order valence-corrected chi connectivity index (χ1v) is 8.09. The van der Waals surface area contributed by atoms with E-state index in [1.54, 1.807) is 23.1 Å². The molecule has 1 aliphatic heterocycles. The SMILES string of the molecule is CC(=NNc1ccccc1C(=O)O)c1ccc(N2CCCC2=O)cc1. The Morgan fingerprint density at radius 1 is 1.16 bits per heavy atom. The van der Waals surface area contributed by atoms with Gasteiger partial charge < -0.3 is 10.0 Å². The third kappa shape index (κ3) is 3.68. The van der Waals surface area contributed by atoms with Crippen molar-refractivity contribution in [2.75, 3.05) is 16.9 Å². The number of aromatic carboxylic acids is 1. The van der Waals surface area contributed by atoms with Crippen molar-refractivity contribution in [3.63, 3.8) is 0 Å². The first kappa shape index (κ1) is 16.7. The quantitative estimate of drug-likeness (QED) is 0.647. The number of carboxylic acids is 1. The number of carbonyl (C=O) groups excluding carboxylic acids is 1. The van der Waals surface area contributed by atoms with Crippen LogP contribution in [0.1, 0.15) is 35.7 Å². The third-order valence-electron chi connectivity index (χ3n) is 4.17. The van der Waals surface area contributed by atoms with Crippen LogP contribution < -0.4 is 10.3 Å². The van der Waals surface area contributed by atoms with Crippen molar-refractivity contribution < 1.29 is 14.7 Å². The van der Waals surface area contributed by atoms with E-state index in [0.29, 0.717) is 12.1 Å². The molecule has 1 aliphatic rings. The second kappa shape index (κ2) is 7.17. The molecule has 25 heavy (non-hydrogen) atoms. The van der Waals surface area contributed by atoms with Crippen molar-refractivity contribution in [3.8, 4) is 0 Å². The highest BCUT2D eigenvalue weighted by Crippen LogP contribution is 2.22. The molecule has 2 aromatic carbocycles. The van der Waals surface area contributed by atoms with Crippen LogP contribution >= 0.6 is 0 Å². The zero-order valence-corrected chi connectivity index (χ0v) is 13.9. The topological polar surface area (TPSA) is 82.0 Å². The van der Waals surface area contributed by atoms with Crippen LogP contribution in [0.2, 0.25) is 0 Å². The first-order valence-electron chi connectivity index (χ1n) is 8.09. The predicted molar refractivity (Wildman–Crippen MR) is 97.3 cm³/mol. The normalized spacial score (nSPS) is 14.7. The number of hydrogen-bond donors (Lipinski definition) is 2. The van der Waals surface area contributed by atoms with Gasteiger partial charge in [-0.05, 0) is 43.2 Å². The highest BCUT2D eigenvalue weighted by molar-refractivity contribution is 6.01. The third-order valence-corrected chi connectivity index (χ3v) is 4.17. The molecule has 128 valence electrons. The molecule has 1 heterocycles. The van der Waals surface area contributed by atoms with Crippen LogP contribution in [0.3, 0.4) is 0 Å². The molecule has 1 saturated heterocycles.